The zero-order chi connectivity index (χ0) is 12.9. The molecule has 1 rings (SSSR count). The van der Waals surface area contributed by atoms with Crippen molar-refractivity contribution >= 4 is 13.6 Å². The Morgan fingerprint density at radius 3 is 2.24 bits per heavy atom. The molecule has 1 atom stereocenters. The van der Waals surface area contributed by atoms with Gasteiger partial charge in [0.05, 0.1) is 5.97 Å². The normalized spacial score (nSPS) is 13.3. The molecule has 0 amide bonds. The van der Waals surface area contributed by atoms with Crippen LogP contribution in [0.15, 0.2) is 30.3 Å². The minimum atomic E-state index is -3.67. The molecule has 0 radical (unpaired) electrons. The average Bonchev–Trinajstić information content (AvgIpc) is 2.36. The molecule has 0 spiro atoms. The molecule has 0 aliphatic rings. The van der Waals surface area contributed by atoms with Gasteiger partial charge in [0.15, 0.2) is 0 Å². The predicted octanol–water partition coefficient (Wildman–Crippen LogP) is 0.833. The Morgan fingerprint density at radius 1 is 1.29 bits per heavy atom. The molecule has 17 heavy (non-hydrogen) atoms. The van der Waals surface area contributed by atoms with Gasteiger partial charge >= 0.3 is 7.60 Å². The Kier molecular flexibility index (Phi) is 4.87. The lowest BCUT2D eigenvalue weighted by Crippen LogP contribution is -2.37. The number of hydrogen-bond donors (Lipinski definition) is 0. The van der Waals surface area contributed by atoms with Gasteiger partial charge in [0.2, 0.25) is 0 Å². The van der Waals surface area contributed by atoms with Gasteiger partial charge in [-0.15, -0.1) is 0 Å². The van der Waals surface area contributed by atoms with Crippen LogP contribution >= 0.6 is 7.60 Å². The molecule has 6 heteroatoms. The molecule has 1 aromatic rings. The number of carbonyl (C=O) groups is 1. The Bertz CT molecular complexity index is 409. The topological polar surface area (TPSA) is 75.7 Å². The number of rotatable bonds is 6. The average molecular weight is 257 g/mol. The first-order valence-electron chi connectivity index (χ1n) is 4.99. The molecule has 0 fully saturated rings. The monoisotopic (exact) mass is 257 g/mol. The fraction of sp³-hybridized carbons (Fsp3) is 0.364. The standard InChI is InChI=1S/C11H15O5P/c1-15-17(14,16-2)10(11(12)13)8-9-6-4-3-5-7-9/h3-7,10H,8H2,1-2H3,(H,12,13)/p-1. The second kappa shape index (κ2) is 5.96. The highest BCUT2D eigenvalue weighted by Crippen LogP contribution is 2.52. The van der Waals surface area contributed by atoms with Crippen LogP contribution in [0.2, 0.25) is 0 Å². The molecular formula is C11H14O5P-. The van der Waals surface area contributed by atoms with Crippen molar-refractivity contribution < 1.29 is 23.5 Å². The molecule has 0 bridgehead atoms. The number of carboxylic acid groups (broad SMARTS) is 1. The SMILES string of the molecule is COP(=O)(OC)C(Cc1ccccc1)C(=O)[O-]. The van der Waals surface area contributed by atoms with E-state index in [1.165, 1.54) is 0 Å². The van der Waals surface area contributed by atoms with Gasteiger partial charge < -0.3 is 18.9 Å². The first kappa shape index (κ1) is 13.9. The second-order valence-electron chi connectivity index (χ2n) is 3.43. The summed E-state index contributed by atoms with van der Waals surface area (Å²) in [6.45, 7) is 0. The molecular weight excluding hydrogens is 243 g/mol. The molecule has 0 aromatic heterocycles. The van der Waals surface area contributed by atoms with E-state index in [-0.39, 0.29) is 6.42 Å². The van der Waals surface area contributed by atoms with Gasteiger partial charge in [0.25, 0.3) is 0 Å². The molecule has 0 heterocycles. The molecule has 1 aromatic carbocycles. The third-order valence-corrected chi connectivity index (χ3v) is 4.61. The van der Waals surface area contributed by atoms with Gasteiger partial charge in [-0.05, 0) is 12.0 Å². The fourth-order valence-corrected chi connectivity index (χ4v) is 2.84. The van der Waals surface area contributed by atoms with Crippen LogP contribution in [0.1, 0.15) is 5.56 Å². The van der Waals surface area contributed by atoms with Crippen molar-refractivity contribution in [1.29, 1.82) is 0 Å². The van der Waals surface area contributed by atoms with Gasteiger partial charge in [-0.1, -0.05) is 30.3 Å². The van der Waals surface area contributed by atoms with Gasteiger partial charge in [-0.2, -0.15) is 0 Å². The first-order valence-corrected chi connectivity index (χ1v) is 6.60. The predicted molar refractivity (Wildman–Crippen MR) is 60.6 cm³/mol. The van der Waals surface area contributed by atoms with Crippen molar-refractivity contribution in [3.05, 3.63) is 35.9 Å². The van der Waals surface area contributed by atoms with Crippen LogP contribution in [-0.4, -0.2) is 25.8 Å². The summed E-state index contributed by atoms with van der Waals surface area (Å²) >= 11 is 0. The highest BCUT2D eigenvalue weighted by atomic mass is 31.2. The van der Waals surface area contributed by atoms with Crippen molar-refractivity contribution in [1.82, 2.24) is 0 Å². The summed E-state index contributed by atoms with van der Waals surface area (Å²) in [5, 5.41) is 11.0. The third-order valence-electron chi connectivity index (χ3n) is 2.43. The summed E-state index contributed by atoms with van der Waals surface area (Å²) in [5.74, 6) is -1.44. The molecule has 5 nitrogen and oxygen atoms in total. The lowest BCUT2D eigenvalue weighted by molar-refractivity contribution is -0.305. The van der Waals surface area contributed by atoms with Gasteiger partial charge in [0, 0.05) is 14.2 Å². The zero-order valence-electron chi connectivity index (χ0n) is 9.66. The second-order valence-corrected chi connectivity index (χ2v) is 5.86. The van der Waals surface area contributed by atoms with E-state index in [9.17, 15) is 14.5 Å². The molecule has 1 unspecified atom stereocenters. The molecule has 0 aliphatic carbocycles. The lowest BCUT2D eigenvalue weighted by Gasteiger charge is -2.25. The van der Waals surface area contributed by atoms with Gasteiger partial charge in [-0.3, -0.25) is 4.57 Å². The van der Waals surface area contributed by atoms with E-state index in [0.717, 1.165) is 19.8 Å². The summed E-state index contributed by atoms with van der Waals surface area (Å²) in [7, 11) is -1.36. The number of carboxylic acids is 1. The number of carbonyl (C=O) groups excluding carboxylic acids is 1. The van der Waals surface area contributed by atoms with Crippen LogP contribution in [0.25, 0.3) is 0 Å². The van der Waals surface area contributed by atoms with E-state index in [4.69, 9.17) is 9.05 Å². The molecule has 0 saturated heterocycles. The van der Waals surface area contributed by atoms with Crippen molar-refractivity contribution in [3.63, 3.8) is 0 Å². The van der Waals surface area contributed by atoms with Crippen LogP contribution in [0.4, 0.5) is 0 Å². The lowest BCUT2D eigenvalue weighted by atomic mass is 10.1. The fourth-order valence-electron chi connectivity index (χ4n) is 1.49. The van der Waals surface area contributed by atoms with E-state index in [1.54, 1.807) is 24.3 Å². The Balaban J connectivity index is 2.96. The first-order chi connectivity index (χ1) is 8.03. The van der Waals surface area contributed by atoms with E-state index in [1.807, 2.05) is 6.07 Å². The van der Waals surface area contributed by atoms with E-state index in [0.29, 0.717) is 0 Å². The summed E-state index contributed by atoms with van der Waals surface area (Å²) in [6, 6.07) is 8.83. The quantitative estimate of drug-likeness (QED) is 0.705. The van der Waals surface area contributed by atoms with Crippen LogP contribution < -0.4 is 5.11 Å². The third kappa shape index (κ3) is 3.40. The van der Waals surface area contributed by atoms with E-state index < -0.39 is 19.2 Å². The largest absolute Gasteiger partial charge is 0.549 e. The highest BCUT2D eigenvalue weighted by molar-refractivity contribution is 7.55. The van der Waals surface area contributed by atoms with Crippen LogP contribution in [0.3, 0.4) is 0 Å². The molecule has 0 N–H and O–H groups in total. The maximum atomic E-state index is 12.0. The number of aliphatic carboxylic acids is 1. The van der Waals surface area contributed by atoms with Crippen LogP contribution in [0.5, 0.6) is 0 Å². The maximum absolute atomic E-state index is 12.0. The summed E-state index contributed by atoms with van der Waals surface area (Å²) in [4.78, 5) is 11.0. The van der Waals surface area contributed by atoms with Gasteiger partial charge in [0.1, 0.15) is 5.66 Å². The number of benzene rings is 1. The van der Waals surface area contributed by atoms with Crippen molar-refractivity contribution in [3.8, 4) is 0 Å². The Labute approximate surface area is 99.9 Å². The van der Waals surface area contributed by atoms with Crippen LogP contribution in [-0.2, 0) is 24.8 Å². The molecule has 0 aliphatic heterocycles. The van der Waals surface area contributed by atoms with Gasteiger partial charge in [-0.25, -0.2) is 0 Å². The van der Waals surface area contributed by atoms with Crippen molar-refractivity contribution in [2.24, 2.45) is 0 Å². The van der Waals surface area contributed by atoms with E-state index >= 15 is 0 Å². The van der Waals surface area contributed by atoms with Crippen molar-refractivity contribution in [2.45, 2.75) is 12.1 Å². The van der Waals surface area contributed by atoms with Crippen molar-refractivity contribution in [2.75, 3.05) is 14.2 Å². The molecule has 94 valence electrons. The van der Waals surface area contributed by atoms with E-state index in [2.05, 4.69) is 0 Å². The zero-order valence-corrected chi connectivity index (χ0v) is 10.6. The Morgan fingerprint density at radius 2 is 1.82 bits per heavy atom. The summed E-state index contributed by atoms with van der Waals surface area (Å²) in [6.07, 6.45) is 0.0438. The summed E-state index contributed by atoms with van der Waals surface area (Å²) in [5.41, 5.74) is -0.573. The minimum absolute atomic E-state index is 0.0438. The maximum Gasteiger partial charge on any atom is 0.339 e. The molecule has 0 saturated carbocycles. The van der Waals surface area contributed by atoms with Crippen LogP contribution in [0, 0.1) is 0 Å². The minimum Gasteiger partial charge on any atom is -0.549 e. The number of hydrogen-bond acceptors (Lipinski definition) is 5. The highest BCUT2D eigenvalue weighted by Gasteiger charge is 2.35. The smallest absolute Gasteiger partial charge is 0.339 e. The summed E-state index contributed by atoms with van der Waals surface area (Å²) < 4.78 is 21.4. The Hall–Kier alpha value is -1.16.